The van der Waals surface area contributed by atoms with E-state index < -0.39 is 0 Å². The molecule has 0 aliphatic rings. The fourth-order valence-corrected chi connectivity index (χ4v) is 10.4. The number of benzene rings is 10. The first-order valence-electron chi connectivity index (χ1n) is 19.0. The van der Waals surface area contributed by atoms with Crippen molar-refractivity contribution in [1.29, 1.82) is 0 Å². The molecule has 0 aliphatic heterocycles. The van der Waals surface area contributed by atoms with Gasteiger partial charge in [-0.3, -0.25) is 0 Å². The van der Waals surface area contributed by atoms with E-state index in [2.05, 4.69) is 201 Å². The van der Waals surface area contributed by atoms with Crippen molar-refractivity contribution in [1.82, 2.24) is 9.13 Å². The van der Waals surface area contributed by atoms with Crippen LogP contribution in [0.3, 0.4) is 0 Å². The highest BCUT2D eigenvalue weighted by atomic mass is 79.9. The molecule has 0 amide bonds. The van der Waals surface area contributed by atoms with Gasteiger partial charge in [0.15, 0.2) is 0 Å². The number of halogens is 1. The second-order valence-electron chi connectivity index (χ2n) is 15.0. The van der Waals surface area contributed by atoms with E-state index in [0.717, 1.165) is 59.9 Å². The van der Waals surface area contributed by atoms with Gasteiger partial charge in [-0.15, -0.1) is 0 Å². The minimum absolute atomic E-state index is 0.840. The normalized spacial score (nSPS) is 12.4. The van der Waals surface area contributed by atoms with Crippen molar-refractivity contribution in [3.05, 3.63) is 180 Å². The van der Waals surface area contributed by atoms with Crippen molar-refractivity contribution in [2.75, 3.05) is 0 Å². The number of aromatic nitrogens is 2. The van der Waals surface area contributed by atoms with Crippen molar-refractivity contribution in [2.45, 2.75) is 0 Å². The molecule has 13 rings (SSSR count). The summed E-state index contributed by atoms with van der Waals surface area (Å²) in [4.78, 5) is 0. The minimum Gasteiger partial charge on any atom is -0.456 e. The lowest BCUT2D eigenvalue weighted by atomic mass is 10.00. The zero-order valence-electron chi connectivity index (χ0n) is 29.9. The second kappa shape index (κ2) is 11.1. The molecule has 13 aromatic rings. The Kier molecular flexibility index (Phi) is 6.03. The van der Waals surface area contributed by atoms with Gasteiger partial charge in [0.05, 0.1) is 43.3 Å². The van der Waals surface area contributed by atoms with Crippen molar-refractivity contribution in [3.8, 4) is 11.4 Å². The number of hydrogen-bond acceptors (Lipinski definition) is 1. The van der Waals surface area contributed by atoms with Crippen molar-refractivity contribution in [2.24, 2.45) is 0 Å². The largest absolute Gasteiger partial charge is 0.456 e. The molecule has 0 atom stereocenters. The van der Waals surface area contributed by atoms with Crippen LogP contribution in [0.1, 0.15) is 0 Å². The number of para-hydroxylation sites is 1. The van der Waals surface area contributed by atoms with E-state index in [-0.39, 0.29) is 0 Å². The highest BCUT2D eigenvalue weighted by molar-refractivity contribution is 9.10. The Morgan fingerprint density at radius 2 is 0.821 bits per heavy atom. The Morgan fingerprint density at radius 1 is 0.339 bits per heavy atom. The van der Waals surface area contributed by atoms with Crippen LogP contribution >= 0.6 is 15.9 Å². The van der Waals surface area contributed by atoms with Crippen molar-refractivity contribution < 1.29 is 4.42 Å². The predicted molar refractivity (Wildman–Crippen MR) is 240 cm³/mol. The van der Waals surface area contributed by atoms with Gasteiger partial charge in [0.1, 0.15) is 11.2 Å². The van der Waals surface area contributed by atoms with Gasteiger partial charge >= 0.3 is 0 Å². The number of rotatable bonds is 2. The molecule has 0 aliphatic carbocycles. The first-order valence-corrected chi connectivity index (χ1v) is 19.8. The monoisotopic (exact) mass is 776 g/mol. The van der Waals surface area contributed by atoms with E-state index in [1.807, 2.05) is 0 Å². The molecule has 0 saturated carbocycles. The van der Waals surface area contributed by atoms with Crippen LogP contribution in [0.2, 0.25) is 0 Å². The molecule has 3 heterocycles. The van der Waals surface area contributed by atoms with Crippen molar-refractivity contribution in [3.63, 3.8) is 0 Å². The summed E-state index contributed by atoms with van der Waals surface area (Å²) in [5.41, 5.74) is 8.39. The Hall–Kier alpha value is -6.88. The molecular formula is C52H29BrN2O. The smallest absolute Gasteiger partial charge is 0.139 e. The van der Waals surface area contributed by atoms with Crippen LogP contribution in [-0.4, -0.2) is 9.13 Å². The lowest BCUT2D eigenvalue weighted by Gasteiger charge is -2.18. The van der Waals surface area contributed by atoms with Crippen LogP contribution < -0.4 is 0 Å². The maximum atomic E-state index is 6.87. The zero-order valence-corrected chi connectivity index (χ0v) is 31.5. The maximum Gasteiger partial charge on any atom is 0.139 e. The van der Waals surface area contributed by atoms with E-state index in [1.54, 1.807) is 0 Å². The highest BCUT2D eigenvalue weighted by Gasteiger charge is 2.27. The first kappa shape index (κ1) is 30.4. The first-order chi connectivity index (χ1) is 27.7. The fourth-order valence-electron chi connectivity index (χ4n) is 9.72. The summed E-state index contributed by atoms with van der Waals surface area (Å²) >= 11 is 4.37. The van der Waals surface area contributed by atoms with Gasteiger partial charge in [0.25, 0.3) is 0 Å². The Balaban J connectivity index is 1.26. The maximum absolute atomic E-state index is 6.87. The molecule has 10 aromatic carbocycles. The quantitative estimate of drug-likeness (QED) is 0.171. The van der Waals surface area contributed by atoms with Crippen LogP contribution in [0, 0.1) is 0 Å². The van der Waals surface area contributed by atoms with Gasteiger partial charge in [0.2, 0.25) is 0 Å². The summed E-state index contributed by atoms with van der Waals surface area (Å²) in [6.45, 7) is 0. The van der Waals surface area contributed by atoms with Gasteiger partial charge in [-0.1, -0.05) is 133 Å². The lowest BCUT2D eigenvalue weighted by molar-refractivity contribution is 0.668. The third-order valence-corrected chi connectivity index (χ3v) is 12.9. The minimum atomic E-state index is 0.840. The topological polar surface area (TPSA) is 23.0 Å². The third kappa shape index (κ3) is 3.96. The molecule has 0 radical (unpaired) electrons. The van der Waals surface area contributed by atoms with Gasteiger partial charge in [-0.25, -0.2) is 0 Å². The highest BCUT2D eigenvalue weighted by Crippen LogP contribution is 2.49. The molecule has 0 N–H and O–H groups in total. The SMILES string of the molecule is Brc1c(-n2c3cc4ccccc4cc3c3c4ccccc4ccc32)cc2oc3ccccc3c2c1-n1c2ccc3ccccc3c2c2c3ccccc3ccc21. The fraction of sp³-hybridized carbons (Fsp3) is 0. The summed E-state index contributed by atoms with van der Waals surface area (Å²) in [7, 11) is 0. The van der Waals surface area contributed by atoms with Gasteiger partial charge < -0.3 is 13.6 Å². The van der Waals surface area contributed by atoms with E-state index in [0.29, 0.717) is 0 Å². The number of furan rings is 1. The molecule has 3 aromatic heterocycles. The third-order valence-electron chi connectivity index (χ3n) is 12.1. The molecule has 260 valence electrons. The van der Waals surface area contributed by atoms with E-state index in [9.17, 15) is 0 Å². The summed E-state index contributed by atoms with van der Waals surface area (Å²) in [6.07, 6.45) is 0. The lowest BCUT2D eigenvalue weighted by Crippen LogP contribution is -2.02. The van der Waals surface area contributed by atoms with E-state index in [1.165, 1.54) is 64.6 Å². The number of hydrogen-bond donors (Lipinski definition) is 0. The number of fused-ring (bicyclic) bond motifs is 16. The number of nitrogens with zero attached hydrogens (tertiary/aromatic N) is 2. The van der Waals surface area contributed by atoms with Gasteiger partial charge in [0, 0.05) is 33.0 Å². The Labute approximate surface area is 328 Å². The summed E-state index contributed by atoms with van der Waals surface area (Å²) in [6, 6.07) is 64.1. The molecule has 4 heteroatoms. The van der Waals surface area contributed by atoms with Crippen LogP contribution in [-0.2, 0) is 0 Å². The molecule has 0 saturated heterocycles. The molecule has 0 bridgehead atoms. The average molecular weight is 778 g/mol. The van der Waals surface area contributed by atoms with Crippen LogP contribution in [0.15, 0.2) is 185 Å². The van der Waals surface area contributed by atoms with Crippen molar-refractivity contribution >= 4 is 125 Å². The summed E-state index contributed by atoms with van der Waals surface area (Å²) in [5.74, 6) is 0. The molecule has 0 spiro atoms. The molecule has 0 fully saturated rings. The van der Waals surface area contributed by atoms with Gasteiger partial charge in [-0.2, -0.15) is 0 Å². The summed E-state index contributed by atoms with van der Waals surface area (Å²) in [5, 5.41) is 17.0. The van der Waals surface area contributed by atoms with E-state index in [4.69, 9.17) is 4.42 Å². The summed E-state index contributed by atoms with van der Waals surface area (Å²) < 4.78 is 12.8. The Morgan fingerprint density at radius 3 is 1.43 bits per heavy atom. The second-order valence-corrected chi connectivity index (χ2v) is 15.8. The van der Waals surface area contributed by atoms with Crippen LogP contribution in [0.25, 0.3) is 120 Å². The standard InChI is InChI=1S/C52H29BrN2O/c53-51-44(54-40-24-21-30-11-3-6-16-35(30)47(40)39-27-33-14-1-2-15-34(33)28-43(39)54)29-46-50(38-19-9-10-20-45(38)56-46)52(51)55-41-25-22-31-12-4-7-17-36(31)48(41)49-37-18-8-5-13-32(37)23-26-42(49)55/h1-29H. The molecule has 56 heavy (non-hydrogen) atoms. The molecule has 0 unspecified atom stereocenters. The van der Waals surface area contributed by atoms with E-state index >= 15 is 0 Å². The average Bonchev–Trinajstić information content (AvgIpc) is 3.90. The van der Waals surface area contributed by atoms with Crippen LogP contribution in [0.4, 0.5) is 0 Å². The molecular weight excluding hydrogens is 748 g/mol. The van der Waals surface area contributed by atoms with Crippen LogP contribution in [0.5, 0.6) is 0 Å². The predicted octanol–water partition coefficient (Wildman–Crippen LogP) is 15.2. The zero-order chi connectivity index (χ0) is 36.6. The molecule has 3 nitrogen and oxygen atoms in total. The van der Waals surface area contributed by atoms with Gasteiger partial charge in [-0.05, 0) is 95.4 Å². The Bertz CT molecular complexity index is 3750.